The van der Waals surface area contributed by atoms with Gasteiger partial charge in [0.25, 0.3) is 0 Å². The highest BCUT2D eigenvalue weighted by Gasteiger charge is 2.25. The predicted molar refractivity (Wildman–Crippen MR) is 92.0 cm³/mol. The number of hydrogen-bond acceptors (Lipinski definition) is 4. The van der Waals surface area contributed by atoms with Crippen molar-refractivity contribution in [3.05, 3.63) is 29.3 Å². The zero-order chi connectivity index (χ0) is 16.1. The van der Waals surface area contributed by atoms with Crippen molar-refractivity contribution in [3.63, 3.8) is 0 Å². The number of nitrogens with one attached hydrogen (secondary N) is 2. The van der Waals surface area contributed by atoms with Gasteiger partial charge in [-0.2, -0.15) is 0 Å². The first-order chi connectivity index (χ1) is 11.3. The first-order valence-electron chi connectivity index (χ1n) is 8.81. The van der Waals surface area contributed by atoms with Crippen LogP contribution in [0.1, 0.15) is 43.4 Å². The van der Waals surface area contributed by atoms with Gasteiger partial charge in [-0.1, -0.05) is 13.0 Å². The highest BCUT2D eigenvalue weighted by molar-refractivity contribution is 5.67. The largest absolute Gasteiger partial charge is 0.441 e. The van der Waals surface area contributed by atoms with Gasteiger partial charge in [-0.3, -0.25) is 0 Å². The Morgan fingerprint density at radius 1 is 1.39 bits per heavy atom. The number of nitrogens with zero attached hydrogens (tertiary/aromatic N) is 1. The van der Waals surface area contributed by atoms with Crippen LogP contribution in [0.3, 0.4) is 0 Å². The minimum atomic E-state index is -0.294. The van der Waals surface area contributed by atoms with Crippen LogP contribution in [-0.2, 0) is 11.2 Å². The van der Waals surface area contributed by atoms with Gasteiger partial charge in [0.1, 0.15) is 6.10 Å². The van der Waals surface area contributed by atoms with E-state index < -0.39 is 0 Å². The molecular formula is C18H27N3O2. The van der Waals surface area contributed by atoms with E-state index >= 15 is 0 Å². The van der Waals surface area contributed by atoms with E-state index in [0.29, 0.717) is 6.54 Å². The van der Waals surface area contributed by atoms with Gasteiger partial charge in [0, 0.05) is 38.4 Å². The summed E-state index contributed by atoms with van der Waals surface area (Å²) in [6, 6.07) is 6.66. The molecule has 2 N–H and O–H groups in total. The molecule has 3 rings (SSSR count). The van der Waals surface area contributed by atoms with E-state index in [1.165, 1.54) is 16.8 Å². The number of piperazine rings is 1. The highest BCUT2D eigenvalue weighted by Crippen LogP contribution is 2.35. The van der Waals surface area contributed by atoms with Crippen molar-refractivity contribution in [2.24, 2.45) is 0 Å². The number of anilines is 1. The Morgan fingerprint density at radius 2 is 2.22 bits per heavy atom. The fourth-order valence-electron chi connectivity index (χ4n) is 3.38. The molecule has 1 aromatic rings. The number of aryl methyl sites for hydroxylation is 1. The van der Waals surface area contributed by atoms with Crippen LogP contribution < -0.4 is 15.5 Å². The highest BCUT2D eigenvalue weighted by atomic mass is 16.6. The van der Waals surface area contributed by atoms with Gasteiger partial charge in [0.15, 0.2) is 0 Å². The molecule has 1 unspecified atom stereocenters. The molecule has 1 heterocycles. The molecule has 1 aliphatic heterocycles. The number of benzene rings is 1. The molecule has 1 amide bonds. The van der Waals surface area contributed by atoms with E-state index in [2.05, 4.69) is 33.7 Å². The Balaban J connectivity index is 1.74. The molecule has 5 nitrogen and oxygen atoms in total. The average molecular weight is 317 g/mol. The van der Waals surface area contributed by atoms with Crippen molar-refractivity contribution in [1.29, 1.82) is 0 Å². The summed E-state index contributed by atoms with van der Waals surface area (Å²) < 4.78 is 5.68. The molecular weight excluding hydrogens is 290 g/mol. The molecule has 126 valence electrons. The molecule has 0 saturated carbocycles. The lowest BCUT2D eigenvalue weighted by atomic mass is 9.89. The van der Waals surface area contributed by atoms with Crippen LogP contribution in [0.15, 0.2) is 18.2 Å². The molecule has 1 saturated heterocycles. The summed E-state index contributed by atoms with van der Waals surface area (Å²) in [6.07, 6.45) is 3.58. The maximum absolute atomic E-state index is 11.9. The molecule has 1 aliphatic carbocycles. The van der Waals surface area contributed by atoms with E-state index in [4.69, 9.17) is 4.74 Å². The molecule has 23 heavy (non-hydrogen) atoms. The molecule has 2 aliphatic rings. The fraction of sp³-hybridized carbons (Fsp3) is 0.611. The summed E-state index contributed by atoms with van der Waals surface area (Å²) >= 11 is 0. The van der Waals surface area contributed by atoms with Crippen molar-refractivity contribution in [2.45, 2.75) is 38.7 Å². The van der Waals surface area contributed by atoms with Gasteiger partial charge < -0.3 is 20.3 Å². The Labute approximate surface area is 138 Å². The molecule has 0 radical (unpaired) electrons. The molecule has 1 atom stereocenters. The monoisotopic (exact) mass is 317 g/mol. The smallest absolute Gasteiger partial charge is 0.407 e. The number of ether oxygens (including phenoxy) is 1. The summed E-state index contributed by atoms with van der Waals surface area (Å²) in [5.41, 5.74) is 3.76. The van der Waals surface area contributed by atoms with Crippen LogP contribution in [0.2, 0.25) is 0 Å². The topological polar surface area (TPSA) is 53.6 Å². The quantitative estimate of drug-likeness (QED) is 0.896. The minimum Gasteiger partial charge on any atom is -0.441 e. The van der Waals surface area contributed by atoms with Crippen LogP contribution in [-0.4, -0.2) is 38.8 Å². The standard InChI is InChI=1S/C18H27N3O2/c1-2-8-20-18(22)23-17-5-3-4-14-6-7-15(13-16(14)17)21-11-9-19-10-12-21/h6-7,13,17,19H,2-5,8-12H2,1H3,(H,20,22). The maximum Gasteiger partial charge on any atom is 0.407 e. The molecule has 0 spiro atoms. The summed E-state index contributed by atoms with van der Waals surface area (Å²) in [5.74, 6) is 0. The van der Waals surface area contributed by atoms with Crippen LogP contribution in [0, 0.1) is 0 Å². The zero-order valence-corrected chi connectivity index (χ0v) is 13.9. The third kappa shape index (κ3) is 3.96. The summed E-state index contributed by atoms with van der Waals surface area (Å²) in [5, 5.41) is 6.19. The van der Waals surface area contributed by atoms with E-state index in [9.17, 15) is 4.79 Å². The third-order valence-corrected chi connectivity index (χ3v) is 4.64. The van der Waals surface area contributed by atoms with Gasteiger partial charge in [0.05, 0.1) is 0 Å². The Hall–Kier alpha value is -1.75. The Kier molecular flexibility index (Phi) is 5.39. The Morgan fingerprint density at radius 3 is 3.00 bits per heavy atom. The molecule has 0 aromatic heterocycles. The number of fused-ring (bicyclic) bond motifs is 1. The molecule has 1 aromatic carbocycles. The summed E-state index contributed by atoms with van der Waals surface area (Å²) in [7, 11) is 0. The lowest BCUT2D eigenvalue weighted by molar-refractivity contribution is 0.0875. The zero-order valence-electron chi connectivity index (χ0n) is 13.9. The second kappa shape index (κ2) is 7.68. The second-order valence-electron chi connectivity index (χ2n) is 6.33. The number of carbonyl (C=O) groups excluding carboxylic acids is 1. The lowest BCUT2D eigenvalue weighted by Gasteiger charge is -2.32. The number of alkyl carbamates (subject to hydrolysis) is 1. The first-order valence-corrected chi connectivity index (χ1v) is 8.81. The van der Waals surface area contributed by atoms with Crippen molar-refractivity contribution >= 4 is 11.8 Å². The molecule has 5 heteroatoms. The lowest BCUT2D eigenvalue weighted by Crippen LogP contribution is -2.43. The SMILES string of the molecule is CCCNC(=O)OC1CCCc2ccc(N3CCNCC3)cc21. The van der Waals surface area contributed by atoms with E-state index in [0.717, 1.165) is 51.9 Å². The third-order valence-electron chi connectivity index (χ3n) is 4.64. The number of carbonyl (C=O) groups is 1. The van der Waals surface area contributed by atoms with Crippen LogP contribution in [0.5, 0.6) is 0 Å². The van der Waals surface area contributed by atoms with Gasteiger partial charge in [-0.05, 0) is 48.9 Å². The van der Waals surface area contributed by atoms with Crippen molar-refractivity contribution < 1.29 is 9.53 Å². The maximum atomic E-state index is 11.9. The van der Waals surface area contributed by atoms with Gasteiger partial charge in [-0.15, -0.1) is 0 Å². The Bertz CT molecular complexity index is 541. The first kappa shape index (κ1) is 16.1. The van der Waals surface area contributed by atoms with Crippen molar-refractivity contribution in [1.82, 2.24) is 10.6 Å². The minimum absolute atomic E-state index is 0.113. The molecule has 0 bridgehead atoms. The van der Waals surface area contributed by atoms with Crippen LogP contribution in [0.4, 0.5) is 10.5 Å². The van der Waals surface area contributed by atoms with Crippen molar-refractivity contribution in [3.8, 4) is 0 Å². The van der Waals surface area contributed by atoms with Crippen molar-refractivity contribution in [2.75, 3.05) is 37.6 Å². The normalized spacial score (nSPS) is 20.7. The fourth-order valence-corrected chi connectivity index (χ4v) is 3.38. The summed E-state index contributed by atoms with van der Waals surface area (Å²) in [4.78, 5) is 14.3. The van der Waals surface area contributed by atoms with E-state index in [1.54, 1.807) is 0 Å². The van der Waals surface area contributed by atoms with Crippen LogP contribution in [0.25, 0.3) is 0 Å². The number of rotatable bonds is 4. The second-order valence-corrected chi connectivity index (χ2v) is 6.33. The van der Waals surface area contributed by atoms with Gasteiger partial charge >= 0.3 is 6.09 Å². The van der Waals surface area contributed by atoms with Gasteiger partial charge in [0.2, 0.25) is 0 Å². The average Bonchev–Trinajstić information content (AvgIpc) is 2.60. The number of hydrogen-bond donors (Lipinski definition) is 2. The van der Waals surface area contributed by atoms with E-state index in [1.807, 2.05) is 6.92 Å². The summed E-state index contributed by atoms with van der Waals surface area (Å²) in [6.45, 7) is 6.81. The van der Waals surface area contributed by atoms with Gasteiger partial charge in [-0.25, -0.2) is 4.79 Å². The molecule has 1 fully saturated rings. The number of amides is 1. The van der Waals surface area contributed by atoms with E-state index in [-0.39, 0.29) is 12.2 Å². The predicted octanol–water partition coefficient (Wildman–Crippen LogP) is 2.61. The van der Waals surface area contributed by atoms with Crippen LogP contribution >= 0.6 is 0 Å².